The lowest BCUT2D eigenvalue weighted by Gasteiger charge is -2.22. The smallest absolute Gasteiger partial charge is 0.122 e. The first-order valence-electron chi connectivity index (χ1n) is 10.9. The van der Waals surface area contributed by atoms with Gasteiger partial charge in [0.15, 0.2) is 0 Å². The van der Waals surface area contributed by atoms with Gasteiger partial charge in [-0.1, -0.05) is 65.8 Å². The van der Waals surface area contributed by atoms with Gasteiger partial charge in [0.1, 0.15) is 11.5 Å². The van der Waals surface area contributed by atoms with E-state index in [0.717, 1.165) is 35.3 Å². The van der Waals surface area contributed by atoms with Gasteiger partial charge in [-0.3, -0.25) is 0 Å². The Hall–Kier alpha value is -2.04. The summed E-state index contributed by atoms with van der Waals surface area (Å²) in [6, 6.07) is 8.34. The molecule has 0 unspecified atom stereocenters. The second-order valence-electron chi connectivity index (χ2n) is 10.5. The summed E-state index contributed by atoms with van der Waals surface area (Å²) in [6.45, 7) is 19.8. The summed E-state index contributed by atoms with van der Waals surface area (Å²) in [4.78, 5) is 0. The van der Waals surface area contributed by atoms with Crippen molar-refractivity contribution in [3.63, 3.8) is 0 Å². The Labute approximate surface area is 182 Å². The Kier molecular flexibility index (Phi) is 7.59. The Morgan fingerprint density at radius 3 is 1.27 bits per heavy atom. The van der Waals surface area contributed by atoms with Crippen LogP contribution in [0.4, 0.5) is 0 Å². The first-order chi connectivity index (χ1) is 13.8. The van der Waals surface area contributed by atoms with Crippen LogP contribution in [0.5, 0.6) is 11.5 Å². The molecule has 0 aliphatic rings. The minimum absolute atomic E-state index is 0.0521. The second-order valence-corrected chi connectivity index (χ2v) is 10.5. The van der Waals surface area contributed by atoms with E-state index in [0.29, 0.717) is 24.6 Å². The van der Waals surface area contributed by atoms with Crippen molar-refractivity contribution in [1.82, 2.24) is 10.6 Å². The molecule has 4 heteroatoms. The SMILES string of the molecule is Cc1cc(C(C)(C)C)cc(CNCCNCc2cc(C(C)(C)C)cc(C)c2O)c1O. The van der Waals surface area contributed by atoms with Crippen LogP contribution >= 0.6 is 0 Å². The Balaban J connectivity index is 1.90. The molecule has 0 saturated heterocycles. The van der Waals surface area contributed by atoms with Crippen LogP contribution in [-0.2, 0) is 23.9 Å². The molecule has 0 amide bonds. The van der Waals surface area contributed by atoms with Crippen molar-refractivity contribution < 1.29 is 10.2 Å². The molecule has 0 saturated carbocycles. The fraction of sp³-hybridized carbons (Fsp3) is 0.538. The molecule has 4 N–H and O–H groups in total. The maximum Gasteiger partial charge on any atom is 0.122 e. The highest BCUT2D eigenvalue weighted by Crippen LogP contribution is 2.31. The predicted octanol–water partition coefficient (Wildman–Crippen LogP) is 5.19. The fourth-order valence-corrected chi connectivity index (χ4v) is 3.46. The van der Waals surface area contributed by atoms with E-state index < -0.39 is 0 Å². The number of phenolic OH excluding ortho intramolecular Hbond substituents is 2. The number of benzene rings is 2. The highest BCUT2D eigenvalue weighted by atomic mass is 16.3. The average molecular weight is 413 g/mol. The van der Waals surface area contributed by atoms with Crippen LogP contribution in [0.2, 0.25) is 0 Å². The number of aromatic hydroxyl groups is 2. The predicted molar refractivity (Wildman–Crippen MR) is 127 cm³/mol. The fourth-order valence-electron chi connectivity index (χ4n) is 3.46. The molecule has 2 aromatic rings. The van der Waals surface area contributed by atoms with Gasteiger partial charge in [-0.2, -0.15) is 0 Å². The monoisotopic (exact) mass is 412 g/mol. The van der Waals surface area contributed by atoms with Crippen LogP contribution in [0.3, 0.4) is 0 Å². The highest BCUT2D eigenvalue weighted by molar-refractivity contribution is 5.46. The molecule has 0 aliphatic heterocycles. The van der Waals surface area contributed by atoms with Gasteiger partial charge in [-0.05, 0) is 46.9 Å². The summed E-state index contributed by atoms with van der Waals surface area (Å²) in [5, 5.41) is 27.6. The molecular formula is C26H40N2O2. The molecule has 4 nitrogen and oxygen atoms in total. The molecule has 30 heavy (non-hydrogen) atoms. The third-order valence-corrected chi connectivity index (χ3v) is 5.60. The van der Waals surface area contributed by atoms with Crippen LogP contribution in [0, 0.1) is 13.8 Å². The summed E-state index contributed by atoms with van der Waals surface area (Å²) in [5.41, 5.74) is 6.28. The Morgan fingerprint density at radius 2 is 0.967 bits per heavy atom. The summed E-state index contributed by atoms with van der Waals surface area (Å²) in [5.74, 6) is 0.755. The van der Waals surface area contributed by atoms with E-state index in [4.69, 9.17) is 0 Å². The molecule has 0 fully saturated rings. The van der Waals surface area contributed by atoms with Crippen molar-refractivity contribution in [3.05, 3.63) is 57.6 Å². The van der Waals surface area contributed by atoms with Crippen molar-refractivity contribution >= 4 is 0 Å². The van der Waals surface area contributed by atoms with Crippen molar-refractivity contribution in [2.24, 2.45) is 0 Å². The zero-order valence-electron chi connectivity index (χ0n) is 20.0. The first kappa shape index (κ1) is 24.2. The Bertz CT molecular complexity index is 801. The van der Waals surface area contributed by atoms with Gasteiger partial charge in [-0.15, -0.1) is 0 Å². The van der Waals surface area contributed by atoms with Crippen molar-refractivity contribution in [3.8, 4) is 11.5 Å². The quantitative estimate of drug-likeness (QED) is 0.473. The molecule has 0 aliphatic carbocycles. The van der Waals surface area contributed by atoms with Gasteiger partial charge in [0.2, 0.25) is 0 Å². The normalized spacial score (nSPS) is 12.4. The number of rotatable bonds is 7. The van der Waals surface area contributed by atoms with Crippen LogP contribution in [0.25, 0.3) is 0 Å². The number of hydrogen-bond donors (Lipinski definition) is 4. The number of aryl methyl sites for hydroxylation is 2. The van der Waals surface area contributed by atoms with E-state index in [2.05, 4.69) is 76.4 Å². The minimum Gasteiger partial charge on any atom is -0.507 e. The van der Waals surface area contributed by atoms with Crippen LogP contribution in [0.15, 0.2) is 24.3 Å². The Morgan fingerprint density at radius 1 is 0.633 bits per heavy atom. The number of hydrogen-bond acceptors (Lipinski definition) is 4. The molecule has 0 atom stereocenters. The van der Waals surface area contributed by atoms with Crippen LogP contribution < -0.4 is 10.6 Å². The van der Waals surface area contributed by atoms with Gasteiger partial charge in [0.05, 0.1) is 0 Å². The third kappa shape index (κ3) is 6.23. The molecule has 2 aromatic carbocycles. The summed E-state index contributed by atoms with van der Waals surface area (Å²) < 4.78 is 0. The molecule has 0 heterocycles. The molecule has 2 rings (SSSR count). The first-order valence-corrected chi connectivity index (χ1v) is 10.9. The van der Waals surface area contributed by atoms with Gasteiger partial charge < -0.3 is 20.8 Å². The zero-order chi connectivity index (χ0) is 22.7. The van der Waals surface area contributed by atoms with Gasteiger partial charge in [-0.25, -0.2) is 0 Å². The van der Waals surface area contributed by atoms with Gasteiger partial charge in [0, 0.05) is 37.3 Å². The molecule has 0 spiro atoms. The molecule has 0 radical (unpaired) electrons. The van der Waals surface area contributed by atoms with E-state index in [1.54, 1.807) is 0 Å². The summed E-state index contributed by atoms with van der Waals surface area (Å²) >= 11 is 0. The molecule has 166 valence electrons. The minimum atomic E-state index is 0.0521. The van der Waals surface area contributed by atoms with Crippen LogP contribution in [-0.4, -0.2) is 23.3 Å². The zero-order valence-corrected chi connectivity index (χ0v) is 20.0. The maximum absolute atomic E-state index is 10.4. The van der Waals surface area contributed by atoms with E-state index in [9.17, 15) is 10.2 Å². The number of nitrogens with one attached hydrogen (secondary N) is 2. The van der Waals surface area contributed by atoms with E-state index >= 15 is 0 Å². The van der Waals surface area contributed by atoms with Gasteiger partial charge >= 0.3 is 0 Å². The lowest BCUT2D eigenvalue weighted by atomic mass is 9.85. The lowest BCUT2D eigenvalue weighted by Crippen LogP contribution is -2.27. The third-order valence-electron chi connectivity index (χ3n) is 5.60. The van der Waals surface area contributed by atoms with E-state index in [-0.39, 0.29) is 10.8 Å². The van der Waals surface area contributed by atoms with Crippen molar-refractivity contribution in [2.75, 3.05) is 13.1 Å². The summed E-state index contributed by atoms with van der Waals surface area (Å²) in [6.07, 6.45) is 0. The second kappa shape index (κ2) is 9.40. The molecule has 0 bridgehead atoms. The van der Waals surface area contributed by atoms with E-state index in [1.165, 1.54) is 11.1 Å². The highest BCUT2D eigenvalue weighted by Gasteiger charge is 2.18. The van der Waals surface area contributed by atoms with Crippen molar-refractivity contribution in [2.45, 2.75) is 79.3 Å². The van der Waals surface area contributed by atoms with Crippen LogP contribution in [0.1, 0.15) is 74.9 Å². The number of phenols is 2. The average Bonchev–Trinajstić information content (AvgIpc) is 2.62. The molecule has 0 aromatic heterocycles. The standard InChI is InChI=1S/C26H40N2O2/c1-17-11-21(25(3,4)5)13-19(23(17)29)15-27-9-10-28-16-20-14-22(26(6,7)8)12-18(2)24(20)30/h11-14,27-30H,9-10,15-16H2,1-8H3. The summed E-state index contributed by atoms with van der Waals surface area (Å²) in [7, 11) is 0. The maximum atomic E-state index is 10.4. The van der Waals surface area contributed by atoms with Crippen molar-refractivity contribution in [1.29, 1.82) is 0 Å². The lowest BCUT2D eigenvalue weighted by molar-refractivity contribution is 0.455. The van der Waals surface area contributed by atoms with E-state index in [1.807, 2.05) is 13.8 Å². The topological polar surface area (TPSA) is 64.5 Å². The molecular weight excluding hydrogens is 372 g/mol. The largest absolute Gasteiger partial charge is 0.507 e. The van der Waals surface area contributed by atoms with Gasteiger partial charge in [0.25, 0.3) is 0 Å².